The molecule has 1 amide bonds. The monoisotopic (exact) mass is 452 g/mol. The molecule has 0 aliphatic heterocycles. The molecule has 0 aliphatic carbocycles. The quantitative estimate of drug-likeness (QED) is 0.397. The number of amides is 1. The minimum absolute atomic E-state index is 0.169. The van der Waals surface area contributed by atoms with Gasteiger partial charge in [-0.3, -0.25) is 4.79 Å². The first-order valence-corrected chi connectivity index (χ1v) is 10.0. The van der Waals surface area contributed by atoms with Crippen LogP contribution in [0.4, 0.5) is 4.39 Å². The summed E-state index contributed by atoms with van der Waals surface area (Å²) in [7, 11) is 4.74. The van der Waals surface area contributed by atoms with Gasteiger partial charge in [-0.2, -0.15) is 4.98 Å². The van der Waals surface area contributed by atoms with Crippen LogP contribution in [-0.4, -0.2) is 53.9 Å². The number of carbonyl (C=O) groups excluding carboxylic acids is 1. The van der Waals surface area contributed by atoms with Crippen LogP contribution in [0.3, 0.4) is 0 Å². The Hall–Kier alpha value is -4.21. The van der Waals surface area contributed by atoms with Crippen LogP contribution < -0.4 is 9.47 Å². The van der Waals surface area contributed by atoms with Crippen LogP contribution in [0.1, 0.15) is 16.3 Å². The minimum Gasteiger partial charge on any atom is -0.493 e. The second-order valence-electron chi connectivity index (χ2n) is 7.15. The Labute approximate surface area is 188 Å². The molecular weight excluding hydrogens is 431 g/mol. The van der Waals surface area contributed by atoms with Crippen molar-refractivity contribution in [1.82, 2.24) is 20.2 Å². The van der Waals surface area contributed by atoms with E-state index in [1.54, 1.807) is 50.6 Å². The molecule has 0 unspecified atom stereocenters. The zero-order valence-corrected chi connectivity index (χ0v) is 18.2. The molecule has 2 heterocycles. The molecular formula is C23H21FN4O5. The lowest BCUT2D eigenvalue weighted by molar-refractivity contribution is 0.0785. The summed E-state index contributed by atoms with van der Waals surface area (Å²) in [5.74, 6) is 1.61. The lowest BCUT2D eigenvalue weighted by Crippen LogP contribution is -2.29. The van der Waals surface area contributed by atoms with Gasteiger partial charge >= 0.3 is 0 Å². The zero-order valence-electron chi connectivity index (χ0n) is 18.2. The molecule has 0 atom stereocenters. The summed E-state index contributed by atoms with van der Waals surface area (Å²) >= 11 is 0. The van der Waals surface area contributed by atoms with Gasteiger partial charge in [0.15, 0.2) is 28.8 Å². The number of rotatable bonds is 8. The molecule has 0 radical (unpaired) electrons. The molecule has 4 aromatic rings. The molecule has 2 aromatic carbocycles. The van der Waals surface area contributed by atoms with E-state index in [-0.39, 0.29) is 23.3 Å². The summed E-state index contributed by atoms with van der Waals surface area (Å²) in [6.45, 7) is 0.333. The van der Waals surface area contributed by atoms with Crippen LogP contribution in [0, 0.1) is 5.82 Å². The first kappa shape index (κ1) is 22.0. The van der Waals surface area contributed by atoms with Crippen molar-refractivity contribution in [2.75, 3.05) is 27.8 Å². The predicted molar refractivity (Wildman–Crippen MR) is 115 cm³/mol. The number of benzene rings is 2. The van der Waals surface area contributed by atoms with Gasteiger partial charge in [0.25, 0.3) is 11.8 Å². The van der Waals surface area contributed by atoms with Crippen molar-refractivity contribution in [3.05, 3.63) is 65.9 Å². The average molecular weight is 452 g/mol. The van der Waals surface area contributed by atoms with Gasteiger partial charge in [-0.25, -0.2) is 4.39 Å². The van der Waals surface area contributed by atoms with Crippen LogP contribution >= 0.6 is 0 Å². The highest BCUT2D eigenvalue weighted by molar-refractivity contribution is 5.93. The number of carbonyl (C=O) groups is 1. The number of hydrogen-bond donors (Lipinski definition) is 0. The largest absolute Gasteiger partial charge is 0.493 e. The number of halogens is 1. The average Bonchev–Trinajstić information content (AvgIpc) is 3.52. The maximum atomic E-state index is 13.1. The highest BCUT2D eigenvalue weighted by atomic mass is 19.1. The third-order valence-corrected chi connectivity index (χ3v) is 4.97. The predicted octanol–water partition coefficient (Wildman–Crippen LogP) is 3.86. The molecule has 0 aliphatic rings. The number of likely N-dealkylation sites (N-methyl/N-ethyl adjacent to an activating group) is 1. The lowest BCUT2D eigenvalue weighted by atomic mass is 10.1. The van der Waals surface area contributed by atoms with Crippen molar-refractivity contribution >= 4 is 5.91 Å². The Morgan fingerprint density at radius 3 is 2.42 bits per heavy atom. The van der Waals surface area contributed by atoms with Gasteiger partial charge in [0.05, 0.1) is 14.2 Å². The van der Waals surface area contributed by atoms with Crippen molar-refractivity contribution in [3.63, 3.8) is 0 Å². The highest BCUT2D eigenvalue weighted by Crippen LogP contribution is 2.32. The van der Waals surface area contributed by atoms with Crippen molar-refractivity contribution in [3.8, 4) is 34.3 Å². The third-order valence-electron chi connectivity index (χ3n) is 4.97. The molecule has 2 aromatic heterocycles. The first-order chi connectivity index (χ1) is 16.0. The van der Waals surface area contributed by atoms with Crippen molar-refractivity contribution in [2.45, 2.75) is 6.42 Å². The molecule has 0 saturated carbocycles. The van der Waals surface area contributed by atoms with Crippen molar-refractivity contribution in [1.29, 1.82) is 0 Å². The smallest absolute Gasteiger partial charge is 0.275 e. The maximum Gasteiger partial charge on any atom is 0.275 e. The molecule has 0 fully saturated rings. The Balaban J connectivity index is 1.39. The topological polar surface area (TPSA) is 104 Å². The number of aromatic nitrogens is 3. The van der Waals surface area contributed by atoms with E-state index in [1.807, 2.05) is 0 Å². The first-order valence-electron chi connectivity index (χ1n) is 10.0. The number of methoxy groups -OCH3 is 2. The molecule has 170 valence electrons. The van der Waals surface area contributed by atoms with E-state index in [1.165, 1.54) is 24.1 Å². The van der Waals surface area contributed by atoms with E-state index in [4.69, 9.17) is 18.5 Å². The third kappa shape index (κ3) is 4.84. The van der Waals surface area contributed by atoms with E-state index in [2.05, 4.69) is 15.3 Å². The molecule has 33 heavy (non-hydrogen) atoms. The Kier molecular flexibility index (Phi) is 6.34. The fraction of sp³-hybridized carbons (Fsp3) is 0.217. The Morgan fingerprint density at radius 2 is 1.70 bits per heavy atom. The van der Waals surface area contributed by atoms with Crippen LogP contribution in [-0.2, 0) is 6.42 Å². The van der Waals surface area contributed by atoms with Gasteiger partial charge in [0.1, 0.15) is 5.82 Å². The van der Waals surface area contributed by atoms with Crippen LogP contribution in [0.15, 0.2) is 57.6 Å². The fourth-order valence-corrected chi connectivity index (χ4v) is 3.13. The van der Waals surface area contributed by atoms with E-state index in [0.717, 1.165) is 0 Å². The van der Waals surface area contributed by atoms with E-state index < -0.39 is 0 Å². The summed E-state index contributed by atoms with van der Waals surface area (Å²) in [6.07, 6.45) is 0.368. The van der Waals surface area contributed by atoms with Gasteiger partial charge in [0, 0.05) is 37.2 Å². The van der Waals surface area contributed by atoms with Crippen LogP contribution in [0.2, 0.25) is 0 Å². The second-order valence-corrected chi connectivity index (χ2v) is 7.15. The van der Waals surface area contributed by atoms with Gasteiger partial charge < -0.3 is 23.4 Å². The number of hydrogen-bond acceptors (Lipinski definition) is 8. The second kappa shape index (κ2) is 9.51. The Morgan fingerprint density at radius 1 is 0.970 bits per heavy atom. The standard InChI is InChI=1S/C23H21FN4O5/c1-28(11-10-21-25-22(33-27-21)14-4-7-16(24)8-5-14)23(29)17-13-19(32-26-17)15-6-9-18(30-2)20(12-15)31-3/h4-9,12-13H,10-11H2,1-3H3. The molecule has 9 nitrogen and oxygen atoms in total. The highest BCUT2D eigenvalue weighted by Gasteiger charge is 2.19. The molecule has 0 N–H and O–H groups in total. The van der Waals surface area contributed by atoms with Crippen molar-refractivity contribution in [2.24, 2.45) is 0 Å². The van der Waals surface area contributed by atoms with Crippen LogP contribution in [0.5, 0.6) is 11.5 Å². The van der Waals surface area contributed by atoms with E-state index in [9.17, 15) is 9.18 Å². The minimum atomic E-state index is -0.347. The lowest BCUT2D eigenvalue weighted by Gasteiger charge is -2.13. The summed E-state index contributed by atoms with van der Waals surface area (Å²) in [5, 5.41) is 7.82. The number of nitrogens with zero attached hydrogens (tertiary/aromatic N) is 4. The summed E-state index contributed by atoms with van der Waals surface area (Å²) in [4.78, 5) is 18.5. The summed E-state index contributed by atoms with van der Waals surface area (Å²) < 4.78 is 34.2. The number of ether oxygens (including phenoxy) is 2. The van der Waals surface area contributed by atoms with Gasteiger partial charge in [-0.05, 0) is 42.5 Å². The van der Waals surface area contributed by atoms with Gasteiger partial charge in [0.2, 0.25) is 0 Å². The van der Waals surface area contributed by atoms with E-state index in [0.29, 0.717) is 47.2 Å². The molecule has 4 rings (SSSR count). The summed E-state index contributed by atoms with van der Waals surface area (Å²) in [6, 6.07) is 12.6. The van der Waals surface area contributed by atoms with E-state index >= 15 is 0 Å². The molecule has 0 spiro atoms. The molecule has 10 heteroatoms. The fourth-order valence-electron chi connectivity index (χ4n) is 3.13. The Bertz CT molecular complexity index is 1250. The maximum absolute atomic E-state index is 13.1. The van der Waals surface area contributed by atoms with Crippen LogP contribution in [0.25, 0.3) is 22.8 Å². The molecule has 0 bridgehead atoms. The van der Waals surface area contributed by atoms with Crippen molar-refractivity contribution < 1.29 is 27.7 Å². The molecule has 0 saturated heterocycles. The van der Waals surface area contributed by atoms with Gasteiger partial charge in [-0.15, -0.1) is 0 Å². The summed E-state index contributed by atoms with van der Waals surface area (Å²) in [5.41, 5.74) is 1.48. The SMILES string of the molecule is COc1ccc(-c2cc(C(=O)N(C)CCc3noc(-c4ccc(F)cc4)n3)no2)cc1OC. The van der Waals surface area contributed by atoms with Gasteiger partial charge in [-0.1, -0.05) is 10.3 Å². The zero-order chi connectivity index (χ0) is 23.4. The normalized spacial score (nSPS) is 10.8.